The summed E-state index contributed by atoms with van der Waals surface area (Å²) in [5.41, 5.74) is 8.43. The SMILES string of the molecule is CCCC1=CCC(NC(C)O)C=C1COCC1(CC2CCCCC2)COCN(C)C(N)=N1. The van der Waals surface area contributed by atoms with Crippen LogP contribution in [-0.2, 0) is 9.47 Å². The molecule has 3 aliphatic rings. The highest BCUT2D eigenvalue weighted by molar-refractivity contribution is 5.78. The van der Waals surface area contributed by atoms with Gasteiger partial charge in [-0.25, -0.2) is 4.99 Å². The summed E-state index contributed by atoms with van der Waals surface area (Å²) in [7, 11) is 1.92. The Balaban J connectivity index is 1.70. The quantitative estimate of drug-likeness (QED) is 0.444. The minimum atomic E-state index is -0.532. The standard InChI is InChI=1S/C25H44N4O3/c1-4-8-21-11-12-23(27-19(2)30)13-22(21)15-31-16-25(14-20-9-6-5-7-10-20)17-32-18-29(3)24(26)28-25/h11,13,19-20,23,27,30H,4-10,12,14-18H2,1-3H3,(H2,26,28). The highest BCUT2D eigenvalue weighted by atomic mass is 16.5. The van der Waals surface area contributed by atoms with Gasteiger partial charge in [-0.1, -0.05) is 57.6 Å². The van der Waals surface area contributed by atoms with Crippen molar-refractivity contribution in [3.05, 3.63) is 23.3 Å². The van der Waals surface area contributed by atoms with Gasteiger partial charge in [0.05, 0.1) is 19.8 Å². The Morgan fingerprint density at radius 3 is 2.84 bits per heavy atom. The van der Waals surface area contributed by atoms with E-state index in [0.29, 0.717) is 38.4 Å². The van der Waals surface area contributed by atoms with Gasteiger partial charge >= 0.3 is 0 Å². The molecule has 0 saturated heterocycles. The number of hydrogen-bond acceptors (Lipinski definition) is 7. The van der Waals surface area contributed by atoms with E-state index in [1.54, 1.807) is 6.92 Å². The number of guanidine groups is 1. The zero-order valence-corrected chi connectivity index (χ0v) is 20.3. The van der Waals surface area contributed by atoms with Crippen LogP contribution in [0.25, 0.3) is 0 Å². The van der Waals surface area contributed by atoms with Crippen LogP contribution in [-0.4, -0.2) is 67.4 Å². The Kier molecular flexibility index (Phi) is 9.59. The average Bonchev–Trinajstić information content (AvgIpc) is 2.88. The summed E-state index contributed by atoms with van der Waals surface area (Å²) in [6, 6.07) is 0.133. The molecule has 1 aliphatic heterocycles. The molecule has 7 heteroatoms. The van der Waals surface area contributed by atoms with Gasteiger partial charge in [0.15, 0.2) is 5.96 Å². The predicted molar refractivity (Wildman–Crippen MR) is 129 cm³/mol. The van der Waals surface area contributed by atoms with Gasteiger partial charge in [0.25, 0.3) is 0 Å². The zero-order valence-electron chi connectivity index (χ0n) is 20.3. The van der Waals surface area contributed by atoms with E-state index in [2.05, 4.69) is 24.4 Å². The molecule has 182 valence electrons. The Morgan fingerprint density at radius 1 is 1.34 bits per heavy atom. The molecule has 3 unspecified atom stereocenters. The van der Waals surface area contributed by atoms with Crippen LogP contribution >= 0.6 is 0 Å². The normalized spacial score (nSPS) is 28.6. The van der Waals surface area contributed by atoms with Crippen molar-refractivity contribution >= 4 is 5.96 Å². The van der Waals surface area contributed by atoms with E-state index in [4.69, 9.17) is 20.2 Å². The molecule has 0 aromatic carbocycles. The lowest BCUT2D eigenvalue weighted by Crippen LogP contribution is -2.42. The lowest BCUT2D eigenvalue weighted by molar-refractivity contribution is 0.00547. The van der Waals surface area contributed by atoms with E-state index in [9.17, 15) is 5.11 Å². The van der Waals surface area contributed by atoms with Crippen molar-refractivity contribution in [1.82, 2.24) is 10.2 Å². The number of aliphatic hydroxyl groups excluding tert-OH is 1. The van der Waals surface area contributed by atoms with Crippen LogP contribution in [0.1, 0.15) is 71.6 Å². The van der Waals surface area contributed by atoms with Gasteiger partial charge in [0.2, 0.25) is 0 Å². The molecule has 0 amide bonds. The number of ether oxygens (including phenoxy) is 2. The first-order valence-electron chi connectivity index (χ1n) is 12.5. The van der Waals surface area contributed by atoms with Gasteiger partial charge in [-0.3, -0.25) is 5.32 Å². The number of hydrogen-bond donors (Lipinski definition) is 3. The third-order valence-corrected chi connectivity index (χ3v) is 6.83. The first-order valence-corrected chi connectivity index (χ1v) is 12.5. The van der Waals surface area contributed by atoms with Gasteiger partial charge in [0.1, 0.15) is 18.5 Å². The second-order valence-corrected chi connectivity index (χ2v) is 9.93. The van der Waals surface area contributed by atoms with Crippen molar-refractivity contribution in [3.8, 4) is 0 Å². The topological polar surface area (TPSA) is 92.3 Å². The van der Waals surface area contributed by atoms with Gasteiger partial charge in [-0.2, -0.15) is 0 Å². The Bertz CT molecular complexity index is 685. The summed E-state index contributed by atoms with van der Waals surface area (Å²) in [6.07, 6.45) is 14.5. The molecule has 0 spiro atoms. The van der Waals surface area contributed by atoms with Crippen molar-refractivity contribution in [3.63, 3.8) is 0 Å². The second kappa shape index (κ2) is 12.2. The second-order valence-electron chi connectivity index (χ2n) is 9.93. The minimum Gasteiger partial charge on any atom is -0.379 e. The lowest BCUT2D eigenvalue weighted by Gasteiger charge is -2.34. The monoisotopic (exact) mass is 448 g/mol. The molecule has 0 aromatic rings. The van der Waals surface area contributed by atoms with Crippen LogP contribution < -0.4 is 11.1 Å². The summed E-state index contributed by atoms with van der Waals surface area (Å²) in [4.78, 5) is 6.83. The number of aliphatic hydroxyl groups is 1. The van der Waals surface area contributed by atoms with Crippen molar-refractivity contribution in [2.75, 3.05) is 33.6 Å². The molecule has 32 heavy (non-hydrogen) atoms. The molecule has 1 heterocycles. The van der Waals surface area contributed by atoms with Crippen LogP contribution in [0.4, 0.5) is 0 Å². The predicted octanol–water partition coefficient (Wildman–Crippen LogP) is 3.30. The van der Waals surface area contributed by atoms with Gasteiger partial charge in [0, 0.05) is 13.1 Å². The number of rotatable bonds is 10. The molecule has 0 aromatic heterocycles. The molecule has 4 N–H and O–H groups in total. The van der Waals surface area contributed by atoms with Crippen LogP contribution in [0.2, 0.25) is 0 Å². The Labute approximate surface area is 194 Å². The molecule has 2 aliphatic carbocycles. The molecular formula is C25H44N4O3. The molecular weight excluding hydrogens is 404 g/mol. The van der Waals surface area contributed by atoms with E-state index >= 15 is 0 Å². The van der Waals surface area contributed by atoms with Crippen LogP contribution in [0.3, 0.4) is 0 Å². The minimum absolute atomic E-state index is 0.133. The smallest absolute Gasteiger partial charge is 0.193 e. The van der Waals surface area contributed by atoms with Crippen molar-refractivity contribution in [2.24, 2.45) is 16.6 Å². The summed E-state index contributed by atoms with van der Waals surface area (Å²) in [6.45, 7) is 6.01. The van der Waals surface area contributed by atoms with Crippen molar-refractivity contribution in [2.45, 2.75) is 89.4 Å². The molecule has 3 atom stereocenters. The number of nitrogens with two attached hydrogens (primary N) is 1. The molecule has 3 rings (SSSR count). The van der Waals surface area contributed by atoms with Crippen molar-refractivity contribution < 1.29 is 14.6 Å². The van der Waals surface area contributed by atoms with Gasteiger partial charge in [-0.15, -0.1) is 0 Å². The summed E-state index contributed by atoms with van der Waals surface area (Å²) in [5, 5.41) is 12.9. The molecule has 0 bridgehead atoms. The first-order chi connectivity index (χ1) is 15.4. The summed E-state index contributed by atoms with van der Waals surface area (Å²) in [5.74, 6) is 1.19. The third kappa shape index (κ3) is 7.30. The van der Waals surface area contributed by atoms with Crippen LogP contribution in [0.15, 0.2) is 28.3 Å². The van der Waals surface area contributed by atoms with Crippen LogP contribution in [0, 0.1) is 5.92 Å². The highest BCUT2D eigenvalue weighted by Crippen LogP contribution is 2.34. The maximum Gasteiger partial charge on any atom is 0.193 e. The Hall–Kier alpha value is -1.41. The molecule has 7 nitrogen and oxygen atoms in total. The summed E-state index contributed by atoms with van der Waals surface area (Å²) < 4.78 is 12.4. The summed E-state index contributed by atoms with van der Waals surface area (Å²) >= 11 is 0. The molecule has 1 fully saturated rings. The van der Waals surface area contributed by atoms with E-state index in [-0.39, 0.29) is 6.04 Å². The number of aliphatic imine (C=N–C) groups is 1. The number of nitrogens with one attached hydrogen (secondary N) is 1. The average molecular weight is 449 g/mol. The molecule has 0 radical (unpaired) electrons. The first kappa shape index (κ1) is 25.2. The zero-order chi connectivity index (χ0) is 23.0. The number of nitrogens with zero attached hydrogens (tertiary/aromatic N) is 2. The third-order valence-electron chi connectivity index (χ3n) is 6.83. The van der Waals surface area contributed by atoms with Crippen molar-refractivity contribution in [1.29, 1.82) is 0 Å². The van der Waals surface area contributed by atoms with E-state index in [1.807, 2.05) is 11.9 Å². The lowest BCUT2D eigenvalue weighted by atomic mass is 9.80. The maximum atomic E-state index is 9.73. The fourth-order valence-corrected chi connectivity index (χ4v) is 5.23. The highest BCUT2D eigenvalue weighted by Gasteiger charge is 2.37. The van der Waals surface area contributed by atoms with E-state index in [0.717, 1.165) is 25.7 Å². The van der Waals surface area contributed by atoms with E-state index in [1.165, 1.54) is 43.3 Å². The maximum absolute atomic E-state index is 9.73. The largest absolute Gasteiger partial charge is 0.379 e. The van der Waals surface area contributed by atoms with E-state index < -0.39 is 11.8 Å². The van der Waals surface area contributed by atoms with Gasteiger partial charge < -0.3 is 25.2 Å². The van der Waals surface area contributed by atoms with Crippen LogP contribution in [0.5, 0.6) is 0 Å². The fourth-order valence-electron chi connectivity index (χ4n) is 5.23. The Morgan fingerprint density at radius 2 is 2.12 bits per heavy atom. The fraction of sp³-hybridized carbons (Fsp3) is 0.800. The molecule has 1 saturated carbocycles. The van der Waals surface area contributed by atoms with Gasteiger partial charge in [-0.05, 0) is 43.3 Å².